The van der Waals surface area contributed by atoms with Gasteiger partial charge in [0.05, 0.1) is 6.04 Å². The van der Waals surface area contributed by atoms with E-state index in [-0.39, 0.29) is 23.8 Å². The molecule has 0 saturated heterocycles. The van der Waals surface area contributed by atoms with E-state index in [2.05, 4.69) is 16.2 Å². The van der Waals surface area contributed by atoms with Crippen molar-refractivity contribution in [3.8, 4) is 0 Å². The first-order valence-corrected chi connectivity index (χ1v) is 6.59. The number of Topliss-reactive ketones (excluding diaryl/α,β-unsaturated/α-hetero) is 1. The third kappa shape index (κ3) is 7.27. The molecule has 18 heavy (non-hydrogen) atoms. The molecule has 5 nitrogen and oxygen atoms in total. The van der Waals surface area contributed by atoms with E-state index in [9.17, 15) is 9.59 Å². The predicted octanol–water partition coefficient (Wildman–Crippen LogP) is 1.84. The minimum absolute atomic E-state index is 0.0726. The number of hydrogen-bond acceptors (Lipinski definition) is 3. The first-order chi connectivity index (χ1) is 8.23. The van der Waals surface area contributed by atoms with Gasteiger partial charge in [-0.05, 0) is 26.2 Å². The number of nitrogens with one attached hydrogen (secondary N) is 3. The van der Waals surface area contributed by atoms with E-state index in [1.54, 1.807) is 0 Å². The average Bonchev–Trinajstić information content (AvgIpc) is 2.23. The molecule has 0 fully saturated rings. The fraction of sp³-hybridized carbons (Fsp3) is 0.846. The van der Waals surface area contributed by atoms with Gasteiger partial charge >= 0.3 is 6.03 Å². The van der Waals surface area contributed by atoms with Crippen LogP contribution in [0, 0.1) is 11.8 Å². The summed E-state index contributed by atoms with van der Waals surface area (Å²) in [6.45, 7) is 11.6. The second-order valence-electron chi connectivity index (χ2n) is 5.64. The molecule has 0 aromatic rings. The van der Waals surface area contributed by atoms with Crippen LogP contribution in [0.2, 0.25) is 0 Å². The Morgan fingerprint density at radius 3 is 1.94 bits per heavy atom. The summed E-state index contributed by atoms with van der Waals surface area (Å²) in [6, 6.07) is -0.623. The van der Waals surface area contributed by atoms with Gasteiger partial charge in [0.1, 0.15) is 0 Å². The van der Waals surface area contributed by atoms with Crippen molar-refractivity contribution < 1.29 is 9.59 Å². The molecule has 0 aromatic carbocycles. The van der Waals surface area contributed by atoms with Crippen LogP contribution in [0.4, 0.5) is 4.79 Å². The molecule has 2 amide bonds. The number of hydrazine groups is 1. The minimum Gasteiger partial charge on any atom is -0.327 e. The zero-order valence-electron chi connectivity index (χ0n) is 12.3. The van der Waals surface area contributed by atoms with Gasteiger partial charge in [-0.25, -0.2) is 10.2 Å². The highest BCUT2D eigenvalue weighted by molar-refractivity contribution is 5.89. The monoisotopic (exact) mass is 257 g/mol. The molecular weight excluding hydrogens is 230 g/mol. The lowest BCUT2D eigenvalue weighted by Gasteiger charge is -2.22. The minimum atomic E-state index is -0.418. The zero-order valence-corrected chi connectivity index (χ0v) is 12.3. The number of ketones is 1. The van der Waals surface area contributed by atoms with Crippen molar-refractivity contribution in [1.29, 1.82) is 0 Å². The molecule has 0 rings (SSSR count). The summed E-state index contributed by atoms with van der Waals surface area (Å²) in [5.74, 6) is 0.353. The number of amides is 2. The Kier molecular flexibility index (Phi) is 7.59. The molecule has 0 heterocycles. The molecule has 0 unspecified atom stereocenters. The van der Waals surface area contributed by atoms with Gasteiger partial charge in [-0.1, -0.05) is 27.7 Å². The summed E-state index contributed by atoms with van der Waals surface area (Å²) in [7, 11) is 0. The molecule has 0 aliphatic rings. The summed E-state index contributed by atoms with van der Waals surface area (Å²) < 4.78 is 0. The first kappa shape index (κ1) is 16.9. The summed E-state index contributed by atoms with van der Waals surface area (Å²) in [4.78, 5) is 23.6. The normalized spacial score (nSPS) is 12.9. The van der Waals surface area contributed by atoms with Crippen molar-refractivity contribution in [1.82, 2.24) is 16.2 Å². The van der Waals surface area contributed by atoms with Crippen molar-refractivity contribution in [2.75, 3.05) is 0 Å². The highest BCUT2D eigenvalue weighted by atomic mass is 16.2. The van der Waals surface area contributed by atoms with Crippen molar-refractivity contribution in [3.05, 3.63) is 0 Å². The van der Waals surface area contributed by atoms with E-state index < -0.39 is 6.04 Å². The predicted molar refractivity (Wildman–Crippen MR) is 73.0 cm³/mol. The maximum Gasteiger partial charge on any atom is 0.329 e. The largest absolute Gasteiger partial charge is 0.329 e. The lowest BCUT2D eigenvalue weighted by Crippen LogP contribution is -2.52. The second-order valence-corrected chi connectivity index (χ2v) is 5.64. The lowest BCUT2D eigenvalue weighted by molar-refractivity contribution is -0.124. The molecule has 1 atom stereocenters. The highest BCUT2D eigenvalue weighted by Crippen LogP contribution is 2.10. The smallest absolute Gasteiger partial charge is 0.327 e. The topological polar surface area (TPSA) is 70.2 Å². The third-order valence-electron chi connectivity index (χ3n) is 2.40. The standard InChI is InChI=1S/C13H27N3O2/c1-8(2)7-11(12(17)9(3)4)14-13(18)16-15-10(5)6/h8-11,15H,7H2,1-6H3,(H2,14,16,18)/t11-/m1/s1. The Bertz CT molecular complexity index is 275. The van der Waals surface area contributed by atoms with Gasteiger partial charge in [-0.2, -0.15) is 0 Å². The molecule has 0 aliphatic carbocycles. The Balaban J connectivity index is 4.40. The Morgan fingerprint density at radius 1 is 1.00 bits per heavy atom. The van der Waals surface area contributed by atoms with Crippen molar-refractivity contribution >= 4 is 11.8 Å². The number of urea groups is 1. The Labute approximate surface area is 110 Å². The van der Waals surface area contributed by atoms with Gasteiger partial charge in [0.25, 0.3) is 0 Å². The molecule has 0 spiro atoms. The van der Waals surface area contributed by atoms with Crippen LogP contribution in [0.3, 0.4) is 0 Å². The van der Waals surface area contributed by atoms with Gasteiger partial charge in [-0.15, -0.1) is 0 Å². The first-order valence-electron chi connectivity index (χ1n) is 6.59. The van der Waals surface area contributed by atoms with Gasteiger partial charge < -0.3 is 5.32 Å². The molecule has 0 radical (unpaired) electrons. The number of carbonyl (C=O) groups excluding carboxylic acids is 2. The van der Waals surface area contributed by atoms with E-state index in [1.165, 1.54) is 0 Å². The average molecular weight is 257 g/mol. The zero-order chi connectivity index (χ0) is 14.3. The van der Waals surface area contributed by atoms with E-state index in [4.69, 9.17) is 0 Å². The molecular formula is C13H27N3O2. The number of rotatable bonds is 7. The summed E-state index contributed by atoms with van der Waals surface area (Å²) in [5, 5.41) is 2.72. The van der Waals surface area contributed by atoms with Crippen molar-refractivity contribution in [2.45, 2.75) is 60.0 Å². The summed E-state index contributed by atoms with van der Waals surface area (Å²) in [5.41, 5.74) is 5.33. The fourth-order valence-corrected chi connectivity index (χ4v) is 1.52. The number of carbonyl (C=O) groups is 2. The highest BCUT2D eigenvalue weighted by Gasteiger charge is 2.23. The molecule has 5 heteroatoms. The van der Waals surface area contributed by atoms with Crippen LogP contribution in [0.25, 0.3) is 0 Å². The molecule has 3 N–H and O–H groups in total. The van der Waals surface area contributed by atoms with Crippen LogP contribution in [0.5, 0.6) is 0 Å². The second kappa shape index (κ2) is 8.08. The Morgan fingerprint density at radius 2 is 1.56 bits per heavy atom. The van der Waals surface area contributed by atoms with E-state index in [0.717, 1.165) is 0 Å². The van der Waals surface area contributed by atoms with Crippen LogP contribution in [0.1, 0.15) is 48.0 Å². The van der Waals surface area contributed by atoms with Crippen LogP contribution >= 0.6 is 0 Å². The van der Waals surface area contributed by atoms with Gasteiger partial charge in [0.15, 0.2) is 5.78 Å². The van der Waals surface area contributed by atoms with E-state index in [0.29, 0.717) is 12.3 Å². The van der Waals surface area contributed by atoms with Crippen molar-refractivity contribution in [2.24, 2.45) is 11.8 Å². The quantitative estimate of drug-likeness (QED) is 0.609. The SMILES string of the molecule is CC(C)C[C@@H](NC(=O)NNC(C)C)C(=O)C(C)C. The van der Waals surface area contributed by atoms with Crippen LogP contribution in [-0.2, 0) is 4.79 Å². The molecule has 0 aliphatic heterocycles. The fourth-order valence-electron chi connectivity index (χ4n) is 1.52. The molecule has 0 aromatic heterocycles. The van der Waals surface area contributed by atoms with Gasteiger partial charge in [0, 0.05) is 12.0 Å². The van der Waals surface area contributed by atoms with Gasteiger partial charge in [-0.3, -0.25) is 10.2 Å². The van der Waals surface area contributed by atoms with E-state index in [1.807, 2.05) is 41.5 Å². The maximum atomic E-state index is 12.0. The van der Waals surface area contributed by atoms with Crippen LogP contribution in [0.15, 0.2) is 0 Å². The van der Waals surface area contributed by atoms with Crippen LogP contribution in [-0.4, -0.2) is 23.9 Å². The molecule has 0 saturated carbocycles. The van der Waals surface area contributed by atoms with E-state index >= 15 is 0 Å². The van der Waals surface area contributed by atoms with Crippen LogP contribution < -0.4 is 16.2 Å². The van der Waals surface area contributed by atoms with Gasteiger partial charge in [0.2, 0.25) is 0 Å². The molecule has 106 valence electrons. The Hall–Kier alpha value is -1.10. The lowest BCUT2D eigenvalue weighted by atomic mass is 9.94. The maximum absolute atomic E-state index is 12.0. The summed E-state index contributed by atoms with van der Waals surface area (Å²) in [6.07, 6.45) is 0.659. The number of hydrogen-bond donors (Lipinski definition) is 3. The summed E-state index contributed by atoms with van der Waals surface area (Å²) >= 11 is 0. The third-order valence-corrected chi connectivity index (χ3v) is 2.40. The molecule has 0 bridgehead atoms. The van der Waals surface area contributed by atoms with Crippen molar-refractivity contribution in [3.63, 3.8) is 0 Å².